The Bertz CT molecular complexity index is 1160. The summed E-state index contributed by atoms with van der Waals surface area (Å²) in [6.45, 7) is 3.90. The van der Waals surface area contributed by atoms with Gasteiger partial charge in [-0.2, -0.15) is 0 Å². The van der Waals surface area contributed by atoms with E-state index in [1.807, 2.05) is 47.0 Å². The lowest BCUT2D eigenvalue weighted by Crippen LogP contribution is -2.33. The topological polar surface area (TPSA) is 49.0 Å². The Morgan fingerprint density at radius 1 is 1.22 bits per heavy atom. The maximum Gasteiger partial charge on any atom is 0.260 e. The maximum absolute atomic E-state index is 12.8. The van der Waals surface area contributed by atoms with Gasteiger partial charge in [-0.1, -0.05) is 30.3 Å². The van der Waals surface area contributed by atoms with Crippen molar-refractivity contribution in [1.82, 2.24) is 14.9 Å². The lowest BCUT2D eigenvalue weighted by Gasteiger charge is -2.33. The maximum atomic E-state index is 12.8. The van der Waals surface area contributed by atoms with Crippen LogP contribution in [-0.2, 0) is 13.0 Å². The van der Waals surface area contributed by atoms with Gasteiger partial charge >= 0.3 is 0 Å². The molecule has 5 rings (SSSR count). The summed E-state index contributed by atoms with van der Waals surface area (Å²) in [7, 11) is 0. The van der Waals surface area contributed by atoms with Gasteiger partial charge in [0.2, 0.25) is 0 Å². The number of rotatable bonds is 3. The number of hydrogen-bond acceptors (Lipinski definition) is 5. The van der Waals surface area contributed by atoms with Gasteiger partial charge in [0.1, 0.15) is 10.7 Å². The van der Waals surface area contributed by atoms with Crippen LogP contribution in [0.15, 0.2) is 52.0 Å². The number of aromatic nitrogens is 2. The Hall–Kier alpha value is -2.28. The fourth-order valence-corrected chi connectivity index (χ4v) is 5.80. The van der Waals surface area contributed by atoms with Crippen molar-refractivity contribution in [3.63, 3.8) is 0 Å². The first kappa shape index (κ1) is 16.9. The Morgan fingerprint density at radius 2 is 2.07 bits per heavy atom. The molecule has 0 aliphatic carbocycles. The van der Waals surface area contributed by atoms with Crippen LogP contribution in [0.1, 0.15) is 29.2 Å². The number of nitrogens with one attached hydrogen (secondary N) is 1. The van der Waals surface area contributed by atoms with Crippen molar-refractivity contribution < 1.29 is 0 Å². The number of aromatic amines is 1. The van der Waals surface area contributed by atoms with Crippen molar-refractivity contribution in [2.45, 2.75) is 25.9 Å². The molecule has 0 amide bonds. The lowest BCUT2D eigenvalue weighted by atomic mass is 10.0. The van der Waals surface area contributed by atoms with Crippen LogP contribution in [0.4, 0.5) is 0 Å². The van der Waals surface area contributed by atoms with Crippen LogP contribution in [0.2, 0.25) is 0 Å². The monoisotopic (exact) mass is 393 g/mol. The molecule has 3 aromatic heterocycles. The molecule has 0 bridgehead atoms. The standard InChI is InChI=1S/C21H19N3OS2/c1-13-15-8-10-26-17(15)7-9-24(13)11-18-22-20(25)19-16(12-27-21(19)23-18)14-5-3-2-4-6-14/h2-6,8,10,12-13H,7,9,11H2,1H3,(H,22,23,25)/t13-/m0/s1. The van der Waals surface area contributed by atoms with E-state index in [-0.39, 0.29) is 5.56 Å². The normalized spacial score (nSPS) is 17.3. The van der Waals surface area contributed by atoms with E-state index in [0.717, 1.165) is 34.7 Å². The van der Waals surface area contributed by atoms with Gasteiger partial charge < -0.3 is 4.98 Å². The molecule has 0 spiro atoms. The average Bonchev–Trinajstić information content (AvgIpc) is 3.32. The lowest BCUT2D eigenvalue weighted by molar-refractivity contribution is 0.186. The molecule has 0 unspecified atom stereocenters. The second-order valence-corrected chi connectivity index (χ2v) is 8.76. The fraction of sp³-hybridized carbons (Fsp3) is 0.238. The smallest absolute Gasteiger partial charge is 0.260 e. The molecule has 0 saturated heterocycles. The van der Waals surface area contributed by atoms with E-state index in [4.69, 9.17) is 4.98 Å². The van der Waals surface area contributed by atoms with Gasteiger partial charge in [-0.3, -0.25) is 9.69 Å². The Kier molecular flexibility index (Phi) is 4.19. The molecule has 4 heterocycles. The molecular formula is C21H19N3OS2. The first-order valence-corrected chi connectivity index (χ1v) is 10.8. The van der Waals surface area contributed by atoms with E-state index in [1.165, 1.54) is 10.4 Å². The van der Waals surface area contributed by atoms with Gasteiger partial charge in [0.25, 0.3) is 5.56 Å². The van der Waals surface area contributed by atoms with Crippen molar-refractivity contribution in [3.8, 4) is 11.1 Å². The van der Waals surface area contributed by atoms with E-state index in [2.05, 4.69) is 28.3 Å². The zero-order chi connectivity index (χ0) is 18.4. The van der Waals surface area contributed by atoms with E-state index < -0.39 is 0 Å². The van der Waals surface area contributed by atoms with E-state index in [1.54, 1.807) is 11.3 Å². The van der Waals surface area contributed by atoms with E-state index in [9.17, 15) is 4.79 Å². The van der Waals surface area contributed by atoms with Crippen LogP contribution < -0.4 is 5.56 Å². The van der Waals surface area contributed by atoms with Crippen LogP contribution in [0.3, 0.4) is 0 Å². The van der Waals surface area contributed by atoms with Gasteiger partial charge in [0.05, 0.1) is 11.9 Å². The number of H-pyrrole nitrogens is 1. The minimum absolute atomic E-state index is 0.0454. The van der Waals surface area contributed by atoms with Crippen molar-refractivity contribution in [2.75, 3.05) is 6.54 Å². The van der Waals surface area contributed by atoms with Crippen LogP contribution in [0.5, 0.6) is 0 Å². The SMILES string of the molecule is C[C@H]1c2ccsc2CCN1Cc1nc2scc(-c3ccccc3)c2c(=O)[nH]1. The van der Waals surface area contributed by atoms with Crippen molar-refractivity contribution >= 4 is 32.9 Å². The third-order valence-electron chi connectivity index (χ3n) is 5.33. The molecule has 1 N–H and O–H groups in total. The van der Waals surface area contributed by atoms with Gasteiger partial charge in [0, 0.05) is 28.4 Å². The fourth-order valence-electron chi connectivity index (χ4n) is 3.87. The molecular weight excluding hydrogens is 374 g/mol. The van der Waals surface area contributed by atoms with Crippen LogP contribution >= 0.6 is 22.7 Å². The summed E-state index contributed by atoms with van der Waals surface area (Å²) in [5, 5.41) is 4.91. The highest BCUT2D eigenvalue weighted by Gasteiger charge is 2.25. The molecule has 4 nitrogen and oxygen atoms in total. The van der Waals surface area contributed by atoms with Gasteiger partial charge in [-0.05, 0) is 35.9 Å². The summed E-state index contributed by atoms with van der Waals surface area (Å²) in [6.07, 6.45) is 1.07. The summed E-state index contributed by atoms with van der Waals surface area (Å²) >= 11 is 3.39. The molecule has 0 radical (unpaired) electrons. The Labute approximate surface area is 165 Å². The molecule has 4 aromatic rings. The minimum Gasteiger partial charge on any atom is -0.309 e. The summed E-state index contributed by atoms with van der Waals surface area (Å²) in [5.41, 5.74) is 3.39. The molecule has 1 aliphatic rings. The molecule has 6 heteroatoms. The second kappa shape index (κ2) is 6.71. The number of fused-ring (bicyclic) bond motifs is 2. The van der Waals surface area contributed by atoms with Crippen LogP contribution in [-0.4, -0.2) is 21.4 Å². The van der Waals surface area contributed by atoms with E-state index in [0.29, 0.717) is 18.0 Å². The number of nitrogens with zero attached hydrogens (tertiary/aromatic N) is 2. The van der Waals surface area contributed by atoms with Crippen molar-refractivity contribution in [2.24, 2.45) is 0 Å². The zero-order valence-electron chi connectivity index (χ0n) is 14.9. The largest absolute Gasteiger partial charge is 0.309 e. The van der Waals surface area contributed by atoms with Crippen molar-refractivity contribution in [3.05, 3.63) is 73.8 Å². The predicted octanol–water partition coefficient (Wildman–Crippen LogP) is 4.83. The zero-order valence-corrected chi connectivity index (χ0v) is 16.6. The third-order valence-corrected chi connectivity index (χ3v) is 7.20. The first-order chi connectivity index (χ1) is 13.2. The number of benzene rings is 1. The number of thiophene rings is 2. The highest BCUT2D eigenvalue weighted by molar-refractivity contribution is 7.17. The quantitative estimate of drug-likeness (QED) is 0.542. The third kappa shape index (κ3) is 2.94. The van der Waals surface area contributed by atoms with E-state index >= 15 is 0 Å². The molecule has 136 valence electrons. The van der Waals surface area contributed by atoms with Crippen molar-refractivity contribution in [1.29, 1.82) is 0 Å². The summed E-state index contributed by atoms with van der Waals surface area (Å²) < 4.78 is 0. The molecule has 1 aliphatic heterocycles. The molecule has 27 heavy (non-hydrogen) atoms. The molecule has 0 saturated carbocycles. The molecule has 1 atom stereocenters. The van der Waals surface area contributed by atoms with Crippen LogP contribution in [0.25, 0.3) is 21.3 Å². The highest BCUT2D eigenvalue weighted by Crippen LogP contribution is 2.34. The van der Waals surface area contributed by atoms with Crippen LogP contribution in [0, 0.1) is 0 Å². The average molecular weight is 394 g/mol. The molecule has 1 aromatic carbocycles. The Balaban J connectivity index is 1.48. The highest BCUT2D eigenvalue weighted by atomic mass is 32.1. The van der Waals surface area contributed by atoms with Gasteiger partial charge in [0.15, 0.2) is 0 Å². The minimum atomic E-state index is -0.0454. The van der Waals surface area contributed by atoms with Gasteiger partial charge in [-0.25, -0.2) is 4.98 Å². The second-order valence-electron chi connectivity index (χ2n) is 6.90. The first-order valence-electron chi connectivity index (χ1n) is 9.07. The van der Waals surface area contributed by atoms with Gasteiger partial charge in [-0.15, -0.1) is 22.7 Å². The summed E-state index contributed by atoms with van der Waals surface area (Å²) in [5.74, 6) is 0.750. The summed E-state index contributed by atoms with van der Waals surface area (Å²) in [6, 6.07) is 12.6. The number of hydrogen-bond donors (Lipinski definition) is 1. The molecule has 0 fully saturated rings. The Morgan fingerprint density at radius 3 is 2.93 bits per heavy atom. The predicted molar refractivity (Wildman–Crippen MR) is 113 cm³/mol. The summed E-state index contributed by atoms with van der Waals surface area (Å²) in [4.78, 5) is 25.3.